The summed E-state index contributed by atoms with van der Waals surface area (Å²) in [5, 5.41) is 9.82. The number of nitrogens with zero attached hydrogens (tertiary/aromatic N) is 2. The monoisotopic (exact) mass is 367 g/mol. The van der Waals surface area contributed by atoms with Crippen molar-refractivity contribution in [2.75, 3.05) is 5.73 Å². The minimum absolute atomic E-state index is 0.349. The van der Waals surface area contributed by atoms with Gasteiger partial charge in [-0.3, -0.25) is 0 Å². The summed E-state index contributed by atoms with van der Waals surface area (Å²) in [6, 6.07) is 21.5. The molecule has 1 heterocycles. The van der Waals surface area contributed by atoms with E-state index in [9.17, 15) is 5.26 Å². The summed E-state index contributed by atoms with van der Waals surface area (Å²) in [7, 11) is 0. The molecule has 2 N–H and O–H groups in total. The second-order valence-corrected chi connectivity index (χ2v) is 7.91. The molecule has 1 atom stereocenters. The number of nitriles is 1. The quantitative estimate of drug-likeness (QED) is 0.655. The zero-order chi connectivity index (χ0) is 19.7. The third-order valence-corrected chi connectivity index (χ3v) is 5.84. The molecule has 0 radical (unpaired) electrons. The molecule has 1 aromatic heterocycles. The number of aromatic nitrogens is 1. The van der Waals surface area contributed by atoms with Crippen molar-refractivity contribution in [3.8, 4) is 17.2 Å². The van der Waals surface area contributed by atoms with Crippen molar-refractivity contribution < 1.29 is 0 Å². The minimum atomic E-state index is 0.349. The van der Waals surface area contributed by atoms with Crippen molar-refractivity contribution in [3.05, 3.63) is 82.5 Å². The fraction of sp³-hybridized carbons (Fsp3) is 0.280. The van der Waals surface area contributed by atoms with Crippen LogP contribution in [0.1, 0.15) is 60.1 Å². The maximum absolute atomic E-state index is 9.82. The lowest BCUT2D eigenvalue weighted by molar-refractivity contribution is 0.576. The number of nitrogens with two attached hydrogens (primary N) is 1. The summed E-state index contributed by atoms with van der Waals surface area (Å²) >= 11 is 0. The SMILES string of the molecule is CC(C)c1ccc(-c2c(C#N)c(N)nc3c2CC(c2ccccc2)CC3)cc1. The van der Waals surface area contributed by atoms with Crippen molar-refractivity contribution in [1.29, 1.82) is 5.26 Å². The van der Waals surface area contributed by atoms with Crippen molar-refractivity contribution in [3.63, 3.8) is 0 Å². The largest absolute Gasteiger partial charge is 0.383 e. The third kappa shape index (κ3) is 3.27. The standard InChI is InChI=1S/C25H25N3/c1-16(2)17-8-10-19(11-9-17)24-21-14-20(18-6-4-3-5-7-18)12-13-23(21)28-25(27)22(24)15-26/h3-11,16,20H,12-14H2,1-2H3,(H2,27,28). The van der Waals surface area contributed by atoms with Crippen LogP contribution in [0.25, 0.3) is 11.1 Å². The normalized spacial score (nSPS) is 15.9. The van der Waals surface area contributed by atoms with Crippen LogP contribution in [-0.2, 0) is 12.8 Å². The van der Waals surface area contributed by atoms with Gasteiger partial charge in [0.05, 0.1) is 0 Å². The van der Waals surface area contributed by atoms with E-state index in [-0.39, 0.29) is 0 Å². The second kappa shape index (κ2) is 7.48. The van der Waals surface area contributed by atoms with Gasteiger partial charge in [0.1, 0.15) is 17.5 Å². The predicted molar refractivity (Wildman–Crippen MR) is 114 cm³/mol. The van der Waals surface area contributed by atoms with Gasteiger partial charge in [0.15, 0.2) is 0 Å². The maximum Gasteiger partial charge on any atom is 0.142 e. The number of benzene rings is 2. The Balaban J connectivity index is 1.84. The first kappa shape index (κ1) is 18.3. The van der Waals surface area contributed by atoms with Crippen molar-refractivity contribution in [2.45, 2.75) is 44.9 Å². The van der Waals surface area contributed by atoms with Gasteiger partial charge in [-0.1, -0.05) is 68.4 Å². The molecule has 0 bridgehead atoms. The first-order chi connectivity index (χ1) is 13.6. The highest BCUT2D eigenvalue weighted by molar-refractivity contribution is 5.79. The number of hydrogen-bond donors (Lipinski definition) is 1. The summed E-state index contributed by atoms with van der Waals surface area (Å²) in [4.78, 5) is 4.60. The number of hydrogen-bond acceptors (Lipinski definition) is 3. The van der Waals surface area contributed by atoms with Gasteiger partial charge in [-0.2, -0.15) is 5.26 Å². The van der Waals surface area contributed by atoms with E-state index in [0.29, 0.717) is 23.2 Å². The summed E-state index contributed by atoms with van der Waals surface area (Å²) in [5.74, 6) is 1.27. The molecule has 0 spiro atoms. The molecule has 1 aliphatic rings. The van der Waals surface area contributed by atoms with E-state index in [1.807, 2.05) is 0 Å². The Morgan fingerprint density at radius 3 is 2.43 bits per heavy atom. The van der Waals surface area contributed by atoms with Crippen LogP contribution in [0.3, 0.4) is 0 Å². The lowest BCUT2D eigenvalue weighted by Gasteiger charge is -2.27. The molecule has 3 aromatic rings. The Bertz CT molecular complexity index is 1030. The molecule has 4 rings (SSSR count). The van der Waals surface area contributed by atoms with E-state index in [1.54, 1.807) is 0 Å². The van der Waals surface area contributed by atoms with Gasteiger partial charge in [0.2, 0.25) is 0 Å². The molecule has 0 saturated carbocycles. The van der Waals surface area contributed by atoms with Crippen LogP contribution in [0.4, 0.5) is 5.82 Å². The number of anilines is 1. The molecule has 3 nitrogen and oxygen atoms in total. The van der Waals surface area contributed by atoms with Crippen LogP contribution in [0.2, 0.25) is 0 Å². The first-order valence-electron chi connectivity index (χ1n) is 9.95. The summed E-state index contributed by atoms with van der Waals surface area (Å²) in [5.41, 5.74) is 13.6. The number of aryl methyl sites for hydroxylation is 1. The molecule has 1 unspecified atom stereocenters. The summed E-state index contributed by atoms with van der Waals surface area (Å²) in [6.07, 6.45) is 2.84. The smallest absolute Gasteiger partial charge is 0.142 e. The Labute approximate surface area is 166 Å². The fourth-order valence-corrected chi connectivity index (χ4v) is 4.25. The van der Waals surface area contributed by atoms with Crippen LogP contribution in [0.5, 0.6) is 0 Å². The molecular formula is C25H25N3. The van der Waals surface area contributed by atoms with Gasteiger partial charge >= 0.3 is 0 Å². The Morgan fingerprint density at radius 1 is 1.07 bits per heavy atom. The Kier molecular flexibility index (Phi) is 4.88. The van der Waals surface area contributed by atoms with E-state index >= 15 is 0 Å². The lowest BCUT2D eigenvalue weighted by Crippen LogP contribution is -2.17. The van der Waals surface area contributed by atoms with E-state index in [4.69, 9.17) is 5.73 Å². The van der Waals surface area contributed by atoms with E-state index in [1.165, 1.54) is 16.7 Å². The molecule has 140 valence electrons. The molecule has 0 saturated heterocycles. The van der Waals surface area contributed by atoms with E-state index in [0.717, 1.165) is 36.1 Å². The minimum Gasteiger partial charge on any atom is -0.383 e. The van der Waals surface area contributed by atoms with Gasteiger partial charge in [0.25, 0.3) is 0 Å². The van der Waals surface area contributed by atoms with Crippen molar-refractivity contribution >= 4 is 5.82 Å². The first-order valence-corrected chi connectivity index (χ1v) is 9.95. The lowest BCUT2D eigenvalue weighted by atomic mass is 9.78. The molecule has 2 aromatic carbocycles. The van der Waals surface area contributed by atoms with Crippen LogP contribution in [0, 0.1) is 11.3 Å². The number of rotatable bonds is 3. The predicted octanol–water partition coefficient (Wildman–Crippen LogP) is 5.60. The molecular weight excluding hydrogens is 342 g/mol. The molecule has 28 heavy (non-hydrogen) atoms. The molecule has 0 aliphatic heterocycles. The fourth-order valence-electron chi connectivity index (χ4n) is 4.25. The molecule has 0 amide bonds. The number of pyridine rings is 1. The zero-order valence-corrected chi connectivity index (χ0v) is 16.4. The van der Waals surface area contributed by atoms with E-state index in [2.05, 4.69) is 79.5 Å². The second-order valence-electron chi connectivity index (χ2n) is 7.91. The average Bonchev–Trinajstić information content (AvgIpc) is 2.73. The molecule has 1 aliphatic carbocycles. The average molecular weight is 367 g/mol. The highest BCUT2D eigenvalue weighted by atomic mass is 14.9. The van der Waals surface area contributed by atoms with Gasteiger partial charge < -0.3 is 5.73 Å². The van der Waals surface area contributed by atoms with Crippen LogP contribution >= 0.6 is 0 Å². The van der Waals surface area contributed by atoms with Gasteiger partial charge in [-0.05, 0) is 53.4 Å². The van der Waals surface area contributed by atoms with Crippen LogP contribution in [-0.4, -0.2) is 4.98 Å². The molecule has 0 fully saturated rings. The maximum atomic E-state index is 9.82. The van der Waals surface area contributed by atoms with Gasteiger partial charge in [-0.15, -0.1) is 0 Å². The van der Waals surface area contributed by atoms with Crippen LogP contribution < -0.4 is 5.73 Å². The topological polar surface area (TPSA) is 62.7 Å². The number of nitrogen functional groups attached to an aromatic ring is 1. The van der Waals surface area contributed by atoms with Gasteiger partial charge in [-0.25, -0.2) is 4.98 Å². The van der Waals surface area contributed by atoms with Crippen molar-refractivity contribution in [1.82, 2.24) is 4.98 Å². The summed E-state index contributed by atoms with van der Waals surface area (Å²) in [6.45, 7) is 4.37. The Hall–Kier alpha value is -3.12. The van der Waals surface area contributed by atoms with E-state index < -0.39 is 0 Å². The third-order valence-electron chi connectivity index (χ3n) is 5.84. The molecule has 3 heteroatoms. The highest BCUT2D eigenvalue weighted by Gasteiger charge is 2.27. The van der Waals surface area contributed by atoms with Crippen molar-refractivity contribution in [2.24, 2.45) is 0 Å². The Morgan fingerprint density at radius 2 is 1.79 bits per heavy atom. The highest BCUT2D eigenvalue weighted by Crippen LogP contribution is 2.40. The summed E-state index contributed by atoms with van der Waals surface area (Å²) < 4.78 is 0. The van der Waals surface area contributed by atoms with Crippen LogP contribution in [0.15, 0.2) is 54.6 Å². The zero-order valence-electron chi connectivity index (χ0n) is 16.4. The van der Waals surface area contributed by atoms with Gasteiger partial charge in [0, 0.05) is 11.3 Å². The number of fused-ring (bicyclic) bond motifs is 1.